The summed E-state index contributed by atoms with van der Waals surface area (Å²) < 4.78 is 0. The first kappa shape index (κ1) is 69.5. The summed E-state index contributed by atoms with van der Waals surface area (Å²) in [5, 5.41) is 0. The van der Waals surface area contributed by atoms with Crippen molar-refractivity contribution in [1.82, 2.24) is 0 Å². The van der Waals surface area contributed by atoms with Crippen molar-refractivity contribution in [1.29, 1.82) is 0 Å². The van der Waals surface area contributed by atoms with E-state index in [9.17, 15) is 0 Å². The van der Waals surface area contributed by atoms with E-state index in [1.165, 1.54) is 176 Å². The van der Waals surface area contributed by atoms with Crippen LogP contribution in [0.15, 0.2) is 282 Å². The third kappa shape index (κ3) is 11.5. The zero-order valence-electron chi connectivity index (χ0n) is 66.9. The third-order valence-electron chi connectivity index (χ3n) is 27.0. The largest absolute Gasteiger partial charge is 0.310 e. The van der Waals surface area contributed by atoms with Gasteiger partial charge in [0.25, 0.3) is 6.71 Å². The van der Waals surface area contributed by atoms with Crippen molar-refractivity contribution in [2.45, 2.75) is 160 Å². The second-order valence-electron chi connectivity index (χ2n) is 38.8. The van der Waals surface area contributed by atoms with Crippen LogP contribution in [0.3, 0.4) is 0 Å². The molecule has 10 aromatic rings. The molecule has 10 aromatic carbocycles. The number of hydrogen-bond acceptors (Lipinski definition) is 2. The van der Waals surface area contributed by atoms with Gasteiger partial charge >= 0.3 is 0 Å². The molecule has 0 aromatic heterocycles. The first-order chi connectivity index (χ1) is 52.2. The molecule has 0 amide bonds. The lowest BCUT2D eigenvalue weighted by atomic mass is 9.33. The molecule has 0 radical (unpaired) electrons. The Morgan fingerprint density at radius 1 is 0.385 bits per heavy atom. The topological polar surface area (TPSA) is 6.48 Å². The highest BCUT2D eigenvalue weighted by Gasteiger charge is 2.50. The maximum absolute atomic E-state index is 2.80. The lowest BCUT2D eigenvalue weighted by Gasteiger charge is -2.48. The van der Waals surface area contributed by atoms with Crippen molar-refractivity contribution in [3.05, 3.63) is 316 Å². The number of rotatable bonds is 8. The average molecular weight is 1420 g/mol. The van der Waals surface area contributed by atoms with E-state index >= 15 is 0 Å². The van der Waals surface area contributed by atoms with E-state index in [1.54, 1.807) is 22.3 Å². The van der Waals surface area contributed by atoms with Crippen LogP contribution in [0.5, 0.6) is 0 Å². The van der Waals surface area contributed by atoms with Crippen LogP contribution in [-0.2, 0) is 11.8 Å². The van der Waals surface area contributed by atoms with Gasteiger partial charge in [0.05, 0.1) is 11.4 Å². The van der Waals surface area contributed by atoms with Gasteiger partial charge in [-0.25, -0.2) is 0 Å². The molecule has 0 saturated carbocycles. The lowest BCUT2D eigenvalue weighted by molar-refractivity contribution is 0.191. The highest BCUT2D eigenvalue weighted by molar-refractivity contribution is 7.00. The van der Waals surface area contributed by atoms with Crippen LogP contribution >= 0.6 is 0 Å². The molecule has 2 aliphatic heterocycles. The first-order valence-electron chi connectivity index (χ1n) is 41.0. The Labute approximate surface area is 650 Å². The number of hydrogen-bond donors (Lipinski definition) is 0. The molecule has 0 spiro atoms. The average Bonchev–Trinajstić information content (AvgIpc) is 0.688. The Morgan fingerprint density at radius 2 is 0.890 bits per heavy atom. The molecule has 7 aliphatic carbocycles. The van der Waals surface area contributed by atoms with Crippen molar-refractivity contribution in [2.24, 2.45) is 45.3 Å². The number of fused-ring (bicyclic) bond motifs is 4. The SMILES string of the molecule is CC(C)(C)C1=CC2=CC(c3ccc4c(c3)N(c3c(-c5ccccc5)cccc3-c3ccccc3)c3cc(C(C)(C)C)cc5c3B4c3ccc(-c4cc6c7c8c4C=C(C(C)(C)C)CC8CCC7CC(C(C)(C)C)C6)cc3N5c3c(-c4ccccc4)cccc3-c3ccccc3)=C3C=C(C(C)(C)C)CC4C=CC(=C1)C2C34. The van der Waals surface area contributed by atoms with Gasteiger partial charge in [-0.05, 0) is 225 Å². The molecule has 0 bridgehead atoms. The quantitative estimate of drug-likeness (QED) is 0.140. The molecule has 542 valence electrons. The summed E-state index contributed by atoms with van der Waals surface area (Å²) in [6, 6.07) is 83.0. The van der Waals surface area contributed by atoms with E-state index in [0.29, 0.717) is 35.5 Å². The molecular formula is C106H105BN2. The second kappa shape index (κ2) is 25.3. The number of benzene rings is 10. The summed E-state index contributed by atoms with van der Waals surface area (Å²) in [5.41, 5.74) is 42.6. The molecule has 3 heteroatoms. The summed E-state index contributed by atoms with van der Waals surface area (Å²) in [5.74, 6) is 2.74. The molecule has 9 aliphatic rings. The molecule has 6 unspecified atom stereocenters. The van der Waals surface area contributed by atoms with E-state index in [0.717, 1.165) is 19.3 Å². The second-order valence-corrected chi connectivity index (χ2v) is 38.8. The fourth-order valence-corrected chi connectivity index (χ4v) is 21.0. The van der Waals surface area contributed by atoms with Crippen LogP contribution in [0, 0.1) is 45.3 Å². The minimum atomic E-state index is -0.290. The molecule has 2 nitrogen and oxygen atoms in total. The maximum atomic E-state index is 2.80. The Balaban J connectivity index is 0.955. The van der Waals surface area contributed by atoms with Crippen LogP contribution in [0.4, 0.5) is 34.1 Å². The summed E-state index contributed by atoms with van der Waals surface area (Å²) in [7, 11) is 0. The number of allylic oxidation sites excluding steroid dienone is 13. The Kier molecular flexibility index (Phi) is 16.1. The highest BCUT2D eigenvalue weighted by Crippen LogP contribution is 2.62. The zero-order valence-corrected chi connectivity index (χ0v) is 66.9. The number of anilines is 6. The fraction of sp³-hybridized carbons (Fsp3) is 0.302. The van der Waals surface area contributed by atoms with Gasteiger partial charge in [0, 0.05) is 56.8 Å². The molecule has 0 saturated heterocycles. The molecule has 19 rings (SSSR count). The summed E-state index contributed by atoms with van der Waals surface area (Å²) in [6.45, 7) is 36.5. The summed E-state index contributed by atoms with van der Waals surface area (Å²) in [6.07, 6.45) is 25.4. The first-order valence-corrected chi connectivity index (χ1v) is 41.0. The smallest absolute Gasteiger partial charge is 0.252 e. The zero-order chi connectivity index (χ0) is 75.1. The minimum absolute atomic E-state index is 0.00259. The maximum Gasteiger partial charge on any atom is 0.252 e. The standard InChI is InChI=1S/C106H105BN2/c1-102(2,3)76-50-70-42-44-72-52-78(104(7,8)9)60-87-85(56-74(54-76)95(70)97(72)87)68-46-48-89-91(58-68)108(100-81(64-30-20-16-21-31-64)38-28-39-82(100)65-32-22-17-23-33-65)93-62-80(106(13,14)15)63-94-99(93)107(89)90-49-47-69(59-92(90)109(94)101-83(66-34-24-18-25-35-66)40-29-41-84(101)67-36-26-19-27-37-67)86-57-75-55-77(103(4,5)6)51-71-43-45-73-53-79(105(10,11)12)61-88(86)98(73)96(71)75/h16-42,44,46-50,54,56-63,71-73,77,95,97H,43,45,51-53,55H2,1-15H3. The van der Waals surface area contributed by atoms with Crippen LogP contribution in [0.2, 0.25) is 0 Å². The fourth-order valence-electron chi connectivity index (χ4n) is 21.0. The van der Waals surface area contributed by atoms with Gasteiger partial charge in [-0.15, -0.1) is 0 Å². The van der Waals surface area contributed by atoms with Crippen molar-refractivity contribution < 1.29 is 0 Å². The van der Waals surface area contributed by atoms with E-state index in [4.69, 9.17) is 0 Å². The molecule has 109 heavy (non-hydrogen) atoms. The predicted octanol–water partition coefficient (Wildman–Crippen LogP) is 27.2. The monoisotopic (exact) mass is 1420 g/mol. The molecule has 6 atom stereocenters. The minimum Gasteiger partial charge on any atom is -0.310 e. The Hall–Kier alpha value is -9.96. The van der Waals surface area contributed by atoms with E-state index < -0.39 is 0 Å². The van der Waals surface area contributed by atoms with Crippen LogP contribution in [-0.4, -0.2) is 6.71 Å². The predicted molar refractivity (Wildman–Crippen MR) is 467 cm³/mol. The summed E-state index contributed by atoms with van der Waals surface area (Å²) >= 11 is 0. The van der Waals surface area contributed by atoms with E-state index in [-0.39, 0.29) is 33.8 Å². The van der Waals surface area contributed by atoms with Gasteiger partial charge in [-0.2, -0.15) is 0 Å². The van der Waals surface area contributed by atoms with Crippen LogP contribution in [0.1, 0.15) is 181 Å². The van der Waals surface area contributed by atoms with Crippen molar-refractivity contribution in [2.75, 3.05) is 9.80 Å². The third-order valence-corrected chi connectivity index (χ3v) is 27.0. The molecule has 0 N–H and O–H groups in total. The van der Waals surface area contributed by atoms with Gasteiger partial charge < -0.3 is 9.80 Å². The van der Waals surface area contributed by atoms with Crippen molar-refractivity contribution >= 4 is 68.9 Å². The van der Waals surface area contributed by atoms with Gasteiger partial charge in [0.1, 0.15) is 0 Å². The Morgan fingerprint density at radius 3 is 1.39 bits per heavy atom. The molecule has 0 fully saturated rings. The van der Waals surface area contributed by atoms with Crippen molar-refractivity contribution in [3.8, 4) is 55.6 Å². The molecular weight excluding hydrogens is 1310 g/mol. The number of nitrogens with zero attached hydrogens (tertiary/aromatic N) is 2. The van der Waals surface area contributed by atoms with Gasteiger partial charge in [-0.1, -0.05) is 346 Å². The lowest BCUT2D eigenvalue weighted by Crippen LogP contribution is -2.61. The van der Waals surface area contributed by atoms with Crippen LogP contribution in [0.25, 0.3) is 67.3 Å². The van der Waals surface area contributed by atoms with Gasteiger partial charge in [-0.3, -0.25) is 0 Å². The Bertz CT molecular complexity index is 5540. The highest BCUT2D eigenvalue weighted by atomic mass is 15.2. The number of para-hydroxylation sites is 2. The van der Waals surface area contributed by atoms with E-state index in [1.807, 2.05) is 0 Å². The normalized spacial score (nSPS) is 20.9. The molecule has 2 heterocycles. The summed E-state index contributed by atoms with van der Waals surface area (Å²) in [4.78, 5) is 5.59. The van der Waals surface area contributed by atoms with Crippen LogP contribution < -0.4 is 26.2 Å². The van der Waals surface area contributed by atoms with Gasteiger partial charge in [0.15, 0.2) is 0 Å². The van der Waals surface area contributed by atoms with Crippen molar-refractivity contribution in [3.63, 3.8) is 0 Å². The van der Waals surface area contributed by atoms with E-state index in [2.05, 4.69) is 369 Å². The van der Waals surface area contributed by atoms with Gasteiger partial charge in [0.2, 0.25) is 0 Å².